The van der Waals surface area contributed by atoms with Gasteiger partial charge in [0, 0.05) is 0 Å². The molecule has 0 spiro atoms. The Balaban J connectivity index is 2.04. The minimum Gasteiger partial charge on any atom is -0.474 e. The van der Waals surface area contributed by atoms with Crippen LogP contribution in [0.3, 0.4) is 0 Å². The van der Waals surface area contributed by atoms with Gasteiger partial charge in [-0.05, 0) is 47.4 Å². The average Bonchev–Trinajstić information content (AvgIpc) is 2.61. The average molecular weight is 242 g/mol. The largest absolute Gasteiger partial charge is 0.474 e. The zero-order chi connectivity index (χ0) is 9.10. The van der Waals surface area contributed by atoms with E-state index in [1.165, 1.54) is 6.42 Å². The molecular weight excluding hydrogens is 230 g/mol. The van der Waals surface area contributed by atoms with Gasteiger partial charge in [-0.3, -0.25) is 5.32 Å². The number of benzene rings is 1. The highest BCUT2D eigenvalue weighted by Gasteiger charge is 2.15. The fraction of sp³-hybridized carbons (Fsp3) is 0.400. The lowest BCUT2D eigenvalue weighted by atomic mass is 10.3. The van der Waals surface area contributed by atoms with Gasteiger partial charge in [-0.2, -0.15) is 0 Å². The van der Waals surface area contributed by atoms with Crippen molar-refractivity contribution in [3.63, 3.8) is 0 Å². The Morgan fingerprint density at radius 2 is 2.23 bits per heavy atom. The molecule has 1 aliphatic rings. The maximum absolute atomic E-state index is 5.75. The van der Waals surface area contributed by atoms with Crippen LogP contribution in [0, 0.1) is 0 Å². The first kappa shape index (κ1) is 9.03. The molecule has 1 heterocycles. The minimum absolute atomic E-state index is 0.193. The van der Waals surface area contributed by atoms with Crippen molar-refractivity contribution in [2.75, 3.05) is 6.54 Å². The van der Waals surface area contributed by atoms with Crippen LogP contribution < -0.4 is 10.1 Å². The van der Waals surface area contributed by atoms with Crippen molar-refractivity contribution in [1.82, 2.24) is 5.32 Å². The predicted octanol–water partition coefficient (Wildman–Crippen LogP) is 2.54. The fourth-order valence-electron chi connectivity index (χ4n) is 1.45. The van der Waals surface area contributed by atoms with E-state index in [1.807, 2.05) is 24.3 Å². The molecule has 0 saturated carbocycles. The van der Waals surface area contributed by atoms with Gasteiger partial charge in [-0.25, -0.2) is 0 Å². The highest BCUT2D eigenvalue weighted by Crippen LogP contribution is 2.25. The lowest BCUT2D eigenvalue weighted by Gasteiger charge is -2.14. The van der Waals surface area contributed by atoms with E-state index in [4.69, 9.17) is 4.74 Å². The van der Waals surface area contributed by atoms with Crippen LogP contribution in [0.2, 0.25) is 0 Å². The highest BCUT2D eigenvalue weighted by atomic mass is 79.9. The monoisotopic (exact) mass is 241 g/mol. The first-order chi connectivity index (χ1) is 6.36. The molecule has 0 aromatic heterocycles. The van der Waals surface area contributed by atoms with Gasteiger partial charge in [0.2, 0.25) is 0 Å². The van der Waals surface area contributed by atoms with Crippen LogP contribution in [0.15, 0.2) is 28.7 Å². The van der Waals surface area contributed by atoms with Crippen molar-refractivity contribution >= 4 is 15.9 Å². The summed E-state index contributed by atoms with van der Waals surface area (Å²) in [5.41, 5.74) is 0. The van der Waals surface area contributed by atoms with Crippen LogP contribution in [0.1, 0.15) is 12.8 Å². The number of para-hydroxylation sites is 1. The van der Waals surface area contributed by atoms with E-state index in [9.17, 15) is 0 Å². The highest BCUT2D eigenvalue weighted by molar-refractivity contribution is 9.10. The van der Waals surface area contributed by atoms with E-state index < -0.39 is 0 Å². The number of rotatable bonds is 2. The van der Waals surface area contributed by atoms with Crippen LogP contribution >= 0.6 is 15.9 Å². The number of hydrogen-bond donors (Lipinski definition) is 1. The number of halogens is 1. The van der Waals surface area contributed by atoms with Gasteiger partial charge in [0.1, 0.15) is 12.0 Å². The maximum atomic E-state index is 5.75. The molecule has 1 atom stereocenters. The van der Waals surface area contributed by atoms with Crippen molar-refractivity contribution in [2.45, 2.75) is 19.1 Å². The molecular formula is C10H12BrNO. The summed E-state index contributed by atoms with van der Waals surface area (Å²) in [4.78, 5) is 0. The van der Waals surface area contributed by atoms with Gasteiger partial charge in [-0.1, -0.05) is 12.1 Å². The Morgan fingerprint density at radius 3 is 2.92 bits per heavy atom. The van der Waals surface area contributed by atoms with Gasteiger partial charge in [-0.15, -0.1) is 0 Å². The third-order valence-corrected chi connectivity index (χ3v) is 2.78. The van der Waals surface area contributed by atoms with Crippen LogP contribution in [0.25, 0.3) is 0 Å². The molecule has 0 aliphatic carbocycles. The van der Waals surface area contributed by atoms with Crippen LogP contribution in [-0.4, -0.2) is 12.8 Å². The van der Waals surface area contributed by atoms with Crippen molar-refractivity contribution in [3.05, 3.63) is 28.7 Å². The predicted molar refractivity (Wildman–Crippen MR) is 55.8 cm³/mol. The molecule has 1 aromatic rings. The van der Waals surface area contributed by atoms with E-state index in [0.717, 1.165) is 23.2 Å². The number of hydrogen-bond acceptors (Lipinski definition) is 2. The Kier molecular flexibility index (Phi) is 2.86. The summed E-state index contributed by atoms with van der Waals surface area (Å²) < 4.78 is 6.77. The zero-order valence-corrected chi connectivity index (χ0v) is 8.88. The SMILES string of the molecule is Brc1ccccc1OC1CCCN1. The third kappa shape index (κ3) is 2.23. The quantitative estimate of drug-likeness (QED) is 0.860. The first-order valence-electron chi connectivity index (χ1n) is 4.51. The van der Waals surface area contributed by atoms with Crippen molar-refractivity contribution in [3.8, 4) is 5.75 Å². The zero-order valence-electron chi connectivity index (χ0n) is 7.29. The third-order valence-electron chi connectivity index (χ3n) is 2.12. The fourth-order valence-corrected chi connectivity index (χ4v) is 1.82. The second-order valence-electron chi connectivity index (χ2n) is 3.13. The maximum Gasteiger partial charge on any atom is 0.150 e. The van der Waals surface area contributed by atoms with Crippen molar-refractivity contribution in [1.29, 1.82) is 0 Å². The number of nitrogens with one attached hydrogen (secondary N) is 1. The van der Waals surface area contributed by atoms with Gasteiger partial charge < -0.3 is 4.74 Å². The standard InChI is InChI=1S/C10H12BrNO/c11-8-4-1-2-5-9(8)13-10-6-3-7-12-10/h1-2,4-5,10,12H,3,6-7H2. The lowest BCUT2D eigenvalue weighted by Crippen LogP contribution is -2.27. The Labute approximate surface area is 86.4 Å². The minimum atomic E-state index is 0.193. The van der Waals surface area contributed by atoms with E-state index >= 15 is 0 Å². The molecule has 1 aliphatic heterocycles. The van der Waals surface area contributed by atoms with Crippen LogP contribution in [-0.2, 0) is 0 Å². The molecule has 0 bridgehead atoms. The van der Waals surface area contributed by atoms with Gasteiger partial charge >= 0.3 is 0 Å². The molecule has 0 radical (unpaired) electrons. The normalized spacial score (nSPS) is 21.8. The van der Waals surface area contributed by atoms with E-state index in [-0.39, 0.29) is 6.23 Å². The Hall–Kier alpha value is -0.540. The summed E-state index contributed by atoms with van der Waals surface area (Å²) in [6, 6.07) is 7.93. The van der Waals surface area contributed by atoms with E-state index in [0.29, 0.717) is 0 Å². The molecule has 2 nitrogen and oxygen atoms in total. The molecule has 1 aromatic carbocycles. The van der Waals surface area contributed by atoms with Gasteiger partial charge in [0.15, 0.2) is 0 Å². The topological polar surface area (TPSA) is 21.3 Å². The second-order valence-corrected chi connectivity index (χ2v) is 3.99. The molecule has 3 heteroatoms. The molecule has 1 fully saturated rings. The summed E-state index contributed by atoms with van der Waals surface area (Å²) in [7, 11) is 0. The summed E-state index contributed by atoms with van der Waals surface area (Å²) in [5, 5.41) is 3.29. The van der Waals surface area contributed by atoms with E-state index in [2.05, 4.69) is 21.2 Å². The molecule has 13 heavy (non-hydrogen) atoms. The van der Waals surface area contributed by atoms with Gasteiger partial charge in [0.05, 0.1) is 4.47 Å². The van der Waals surface area contributed by atoms with Crippen molar-refractivity contribution < 1.29 is 4.74 Å². The molecule has 70 valence electrons. The molecule has 2 rings (SSSR count). The molecule has 0 amide bonds. The Bertz CT molecular complexity index is 284. The number of ether oxygens (including phenoxy) is 1. The summed E-state index contributed by atoms with van der Waals surface area (Å²) in [6.45, 7) is 1.06. The molecule has 1 unspecified atom stereocenters. The van der Waals surface area contributed by atoms with E-state index in [1.54, 1.807) is 0 Å². The lowest BCUT2D eigenvalue weighted by molar-refractivity contribution is 0.186. The first-order valence-corrected chi connectivity index (χ1v) is 5.30. The summed E-state index contributed by atoms with van der Waals surface area (Å²) >= 11 is 3.45. The second kappa shape index (κ2) is 4.11. The van der Waals surface area contributed by atoms with Gasteiger partial charge in [0.25, 0.3) is 0 Å². The Morgan fingerprint density at radius 1 is 1.38 bits per heavy atom. The van der Waals surface area contributed by atoms with Crippen molar-refractivity contribution in [2.24, 2.45) is 0 Å². The molecule has 1 N–H and O–H groups in total. The summed E-state index contributed by atoms with van der Waals surface area (Å²) in [6.07, 6.45) is 2.50. The molecule has 1 saturated heterocycles. The van der Waals surface area contributed by atoms with Crippen LogP contribution in [0.5, 0.6) is 5.75 Å². The van der Waals surface area contributed by atoms with Crippen LogP contribution in [0.4, 0.5) is 0 Å². The smallest absolute Gasteiger partial charge is 0.150 e. The summed E-state index contributed by atoms with van der Waals surface area (Å²) in [5.74, 6) is 0.918.